The number of hydrogen-bond acceptors (Lipinski definition) is 6. The minimum Gasteiger partial charge on any atom is -0.471 e. The first-order valence-electron chi connectivity index (χ1n) is 5.60. The standard InChI is InChI=1S/C13H9N3O3/c14-6-10-3-4-15-16-13(10)17-7-9-1-2-11-12(5-9)19-8-18-11/h1-5H,7-8H2. The van der Waals surface area contributed by atoms with Gasteiger partial charge in [0.15, 0.2) is 11.5 Å². The van der Waals surface area contributed by atoms with Crippen LogP contribution in [0.1, 0.15) is 11.1 Å². The molecule has 1 aromatic carbocycles. The van der Waals surface area contributed by atoms with Gasteiger partial charge in [0.1, 0.15) is 18.2 Å². The summed E-state index contributed by atoms with van der Waals surface area (Å²) in [4.78, 5) is 0. The van der Waals surface area contributed by atoms with Gasteiger partial charge in [0.25, 0.3) is 5.88 Å². The van der Waals surface area contributed by atoms with Crippen molar-refractivity contribution in [2.45, 2.75) is 6.61 Å². The van der Waals surface area contributed by atoms with Crippen molar-refractivity contribution in [2.75, 3.05) is 6.79 Å². The molecule has 2 aromatic rings. The van der Waals surface area contributed by atoms with E-state index in [1.54, 1.807) is 6.07 Å². The van der Waals surface area contributed by atoms with Gasteiger partial charge in [-0.05, 0) is 23.8 Å². The molecule has 0 spiro atoms. The number of benzene rings is 1. The molecule has 1 aliphatic rings. The van der Waals surface area contributed by atoms with Crippen LogP contribution in [0, 0.1) is 11.3 Å². The molecule has 0 radical (unpaired) electrons. The van der Waals surface area contributed by atoms with Gasteiger partial charge in [-0.2, -0.15) is 10.4 Å². The van der Waals surface area contributed by atoms with Crippen molar-refractivity contribution in [1.82, 2.24) is 10.2 Å². The number of aromatic nitrogens is 2. The largest absolute Gasteiger partial charge is 0.471 e. The van der Waals surface area contributed by atoms with Crippen LogP contribution in [0.15, 0.2) is 30.5 Å². The molecule has 1 aliphatic heterocycles. The minimum absolute atomic E-state index is 0.225. The molecule has 6 heteroatoms. The lowest BCUT2D eigenvalue weighted by molar-refractivity contribution is 0.174. The first-order chi connectivity index (χ1) is 9.36. The summed E-state index contributed by atoms with van der Waals surface area (Å²) in [7, 11) is 0. The van der Waals surface area contributed by atoms with E-state index in [1.807, 2.05) is 24.3 Å². The van der Waals surface area contributed by atoms with Gasteiger partial charge in [-0.1, -0.05) is 6.07 Å². The van der Waals surface area contributed by atoms with Crippen LogP contribution in [-0.2, 0) is 6.61 Å². The molecule has 1 aromatic heterocycles. The fourth-order valence-corrected chi connectivity index (χ4v) is 1.69. The van der Waals surface area contributed by atoms with Gasteiger partial charge < -0.3 is 14.2 Å². The van der Waals surface area contributed by atoms with Gasteiger partial charge in [0, 0.05) is 0 Å². The Kier molecular flexibility index (Phi) is 2.86. The fourth-order valence-electron chi connectivity index (χ4n) is 1.69. The SMILES string of the molecule is N#Cc1ccnnc1OCc1ccc2c(c1)OCO2. The molecule has 0 unspecified atom stereocenters. The van der Waals surface area contributed by atoms with E-state index in [0.29, 0.717) is 11.3 Å². The summed E-state index contributed by atoms with van der Waals surface area (Å²) in [5.41, 5.74) is 1.26. The van der Waals surface area contributed by atoms with Crippen LogP contribution in [0.4, 0.5) is 0 Å². The van der Waals surface area contributed by atoms with Crippen molar-refractivity contribution in [2.24, 2.45) is 0 Å². The summed E-state index contributed by atoms with van der Waals surface area (Å²) in [5, 5.41) is 16.4. The minimum atomic E-state index is 0.225. The maximum atomic E-state index is 8.91. The Morgan fingerprint density at radius 1 is 1.26 bits per heavy atom. The molecule has 94 valence electrons. The molecule has 0 fully saturated rings. The number of rotatable bonds is 3. The summed E-state index contributed by atoms with van der Waals surface area (Å²) in [6.45, 7) is 0.520. The molecule has 0 saturated heterocycles. The third kappa shape index (κ3) is 2.26. The lowest BCUT2D eigenvalue weighted by Crippen LogP contribution is -2.00. The van der Waals surface area contributed by atoms with E-state index in [0.717, 1.165) is 11.3 Å². The van der Waals surface area contributed by atoms with Crippen LogP contribution in [0.3, 0.4) is 0 Å². The number of nitriles is 1. The number of nitrogens with zero attached hydrogens (tertiary/aromatic N) is 3. The summed E-state index contributed by atoms with van der Waals surface area (Å²) >= 11 is 0. The predicted molar refractivity (Wildman–Crippen MR) is 63.6 cm³/mol. The highest BCUT2D eigenvalue weighted by atomic mass is 16.7. The molecule has 0 atom stereocenters. The van der Waals surface area contributed by atoms with E-state index < -0.39 is 0 Å². The summed E-state index contributed by atoms with van der Waals surface area (Å²) in [6, 6.07) is 9.09. The first kappa shape index (κ1) is 11.3. The second kappa shape index (κ2) is 4.82. The number of hydrogen-bond donors (Lipinski definition) is 0. The van der Waals surface area contributed by atoms with E-state index in [9.17, 15) is 0 Å². The van der Waals surface area contributed by atoms with E-state index in [2.05, 4.69) is 10.2 Å². The van der Waals surface area contributed by atoms with E-state index in [-0.39, 0.29) is 19.3 Å². The molecule has 0 saturated carbocycles. The highest BCUT2D eigenvalue weighted by molar-refractivity contribution is 5.44. The maximum absolute atomic E-state index is 8.91. The van der Waals surface area contributed by atoms with E-state index in [4.69, 9.17) is 19.5 Å². The molecule has 6 nitrogen and oxygen atoms in total. The van der Waals surface area contributed by atoms with Crippen LogP contribution in [-0.4, -0.2) is 17.0 Å². The molecule has 0 aliphatic carbocycles. The van der Waals surface area contributed by atoms with Crippen LogP contribution in [0.2, 0.25) is 0 Å². The van der Waals surface area contributed by atoms with Gasteiger partial charge in [-0.25, -0.2) is 0 Å². The molecule has 0 amide bonds. The predicted octanol–water partition coefficient (Wildman–Crippen LogP) is 1.66. The van der Waals surface area contributed by atoms with Crippen molar-refractivity contribution < 1.29 is 14.2 Å². The average molecular weight is 255 g/mol. The maximum Gasteiger partial charge on any atom is 0.251 e. The molecule has 19 heavy (non-hydrogen) atoms. The fraction of sp³-hybridized carbons (Fsp3) is 0.154. The van der Waals surface area contributed by atoms with Crippen molar-refractivity contribution >= 4 is 0 Å². The third-order valence-electron chi connectivity index (χ3n) is 2.62. The van der Waals surface area contributed by atoms with Crippen LogP contribution in [0.5, 0.6) is 17.4 Å². The first-order valence-corrected chi connectivity index (χ1v) is 5.60. The Labute approximate surface area is 109 Å². The van der Waals surface area contributed by atoms with Gasteiger partial charge >= 0.3 is 0 Å². The van der Waals surface area contributed by atoms with E-state index >= 15 is 0 Å². The highest BCUT2D eigenvalue weighted by Gasteiger charge is 2.13. The summed E-state index contributed by atoms with van der Waals surface area (Å²) in [5.74, 6) is 1.64. The summed E-state index contributed by atoms with van der Waals surface area (Å²) in [6.07, 6.45) is 1.45. The van der Waals surface area contributed by atoms with Gasteiger partial charge in [0.2, 0.25) is 6.79 Å². The lowest BCUT2D eigenvalue weighted by atomic mass is 10.2. The van der Waals surface area contributed by atoms with Crippen molar-refractivity contribution in [3.8, 4) is 23.4 Å². The lowest BCUT2D eigenvalue weighted by Gasteiger charge is -2.06. The molecule has 3 rings (SSSR count). The van der Waals surface area contributed by atoms with Crippen molar-refractivity contribution in [3.63, 3.8) is 0 Å². The topological polar surface area (TPSA) is 77.3 Å². The van der Waals surface area contributed by atoms with E-state index in [1.165, 1.54) is 6.20 Å². The Bertz CT molecular complexity index is 652. The van der Waals surface area contributed by atoms with Crippen LogP contribution in [0.25, 0.3) is 0 Å². The number of fused-ring (bicyclic) bond motifs is 1. The Morgan fingerprint density at radius 2 is 2.16 bits per heavy atom. The Balaban J connectivity index is 1.74. The smallest absolute Gasteiger partial charge is 0.251 e. The monoisotopic (exact) mass is 255 g/mol. The second-order valence-electron chi connectivity index (χ2n) is 3.84. The van der Waals surface area contributed by atoms with Gasteiger partial charge in [-0.3, -0.25) is 0 Å². The average Bonchev–Trinajstić information content (AvgIpc) is 2.93. The normalized spacial score (nSPS) is 11.9. The zero-order valence-electron chi connectivity index (χ0n) is 9.87. The number of ether oxygens (including phenoxy) is 3. The second-order valence-corrected chi connectivity index (χ2v) is 3.84. The molecule has 0 bridgehead atoms. The van der Waals surface area contributed by atoms with Crippen LogP contribution < -0.4 is 14.2 Å². The molecular weight excluding hydrogens is 246 g/mol. The highest BCUT2D eigenvalue weighted by Crippen LogP contribution is 2.32. The Hall–Kier alpha value is -2.81. The molecule has 0 N–H and O–H groups in total. The van der Waals surface area contributed by atoms with Crippen LogP contribution >= 0.6 is 0 Å². The van der Waals surface area contributed by atoms with Crippen molar-refractivity contribution in [3.05, 3.63) is 41.6 Å². The quantitative estimate of drug-likeness (QED) is 0.830. The third-order valence-corrected chi connectivity index (χ3v) is 2.62. The molecular formula is C13H9N3O3. The van der Waals surface area contributed by atoms with Crippen molar-refractivity contribution in [1.29, 1.82) is 5.26 Å². The van der Waals surface area contributed by atoms with Gasteiger partial charge in [-0.15, -0.1) is 5.10 Å². The Morgan fingerprint density at radius 3 is 3.05 bits per heavy atom. The molecule has 2 heterocycles. The zero-order chi connectivity index (χ0) is 13.1. The van der Waals surface area contributed by atoms with Gasteiger partial charge in [0.05, 0.1) is 6.20 Å². The summed E-state index contributed by atoms with van der Waals surface area (Å²) < 4.78 is 16.0. The zero-order valence-corrected chi connectivity index (χ0v) is 9.87.